The quantitative estimate of drug-likeness (QED) is 0.540. The van der Waals surface area contributed by atoms with Gasteiger partial charge in [0.05, 0.1) is 0 Å². The van der Waals surface area contributed by atoms with Crippen molar-refractivity contribution in [3.63, 3.8) is 0 Å². The summed E-state index contributed by atoms with van der Waals surface area (Å²) in [4.78, 5) is 3.86. The molecule has 0 amide bonds. The summed E-state index contributed by atoms with van der Waals surface area (Å²) in [5, 5.41) is 8.46. The summed E-state index contributed by atoms with van der Waals surface area (Å²) in [5.41, 5.74) is 3.15. The van der Waals surface area contributed by atoms with Gasteiger partial charge in [0.1, 0.15) is 11.8 Å². The lowest BCUT2D eigenvalue weighted by Crippen LogP contribution is -1.84. The van der Waals surface area contributed by atoms with E-state index in [1.54, 1.807) is 6.21 Å². The summed E-state index contributed by atoms with van der Waals surface area (Å²) in [6, 6.07) is 9.80. The van der Waals surface area contributed by atoms with E-state index in [4.69, 9.17) is 5.26 Å². The van der Waals surface area contributed by atoms with Crippen LogP contribution in [0.5, 0.6) is 0 Å². The topological polar surface area (TPSA) is 36.1 Å². The summed E-state index contributed by atoms with van der Waals surface area (Å²) >= 11 is 0. The number of hydrogen-bond acceptors (Lipinski definition) is 2. The van der Waals surface area contributed by atoms with E-state index < -0.39 is 0 Å². The van der Waals surface area contributed by atoms with Crippen LogP contribution in [0.2, 0.25) is 0 Å². The maximum absolute atomic E-state index is 8.46. The third-order valence-corrected chi connectivity index (χ3v) is 1.93. The standard InChI is InChI=1S/C13H12N2/c1-10-4-6-13(7-5-10)11(2)9-15-12(3)8-14/h4-7,9H,2-3H2,1H3/b15-9+. The Bertz CT molecular complexity index is 444. The van der Waals surface area contributed by atoms with Gasteiger partial charge in [0.2, 0.25) is 0 Å². The molecule has 0 aliphatic heterocycles. The summed E-state index contributed by atoms with van der Waals surface area (Å²) in [6.45, 7) is 9.34. The molecule has 0 atom stereocenters. The van der Waals surface area contributed by atoms with Crippen molar-refractivity contribution >= 4 is 11.8 Å². The Hall–Kier alpha value is -2.14. The zero-order chi connectivity index (χ0) is 11.3. The Kier molecular flexibility index (Phi) is 3.59. The van der Waals surface area contributed by atoms with E-state index in [0.29, 0.717) is 0 Å². The number of rotatable bonds is 3. The molecule has 0 saturated carbocycles. The molecule has 0 aliphatic carbocycles. The zero-order valence-electron chi connectivity index (χ0n) is 8.70. The molecule has 0 heterocycles. The Labute approximate surface area is 89.9 Å². The van der Waals surface area contributed by atoms with Gasteiger partial charge in [0.15, 0.2) is 0 Å². The highest BCUT2D eigenvalue weighted by Crippen LogP contribution is 2.11. The molecule has 0 bridgehead atoms. The van der Waals surface area contributed by atoms with E-state index in [2.05, 4.69) is 18.2 Å². The Balaban J connectivity index is 2.79. The molecule has 0 aliphatic rings. The van der Waals surface area contributed by atoms with Crippen LogP contribution in [0.25, 0.3) is 5.57 Å². The third-order valence-electron chi connectivity index (χ3n) is 1.93. The normalized spacial score (nSPS) is 9.87. The molecule has 0 fully saturated rings. The first-order valence-corrected chi connectivity index (χ1v) is 4.52. The highest BCUT2D eigenvalue weighted by atomic mass is 14.7. The minimum absolute atomic E-state index is 0.184. The van der Waals surface area contributed by atoms with E-state index in [1.807, 2.05) is 37.3 Å². The van der Waals surface area contributed by atoms with Gasteiger partial charge in [-0.05, 0) is 18.1 Å². The van der Waals surface area contributed by atoms with Crippen molar-refractivity contribution < 1.29 is 0 Å². The predicted octanol–water partition coefficient (Wildman–Crippen LogP) is 3.12. The molecule has 74 valence electrons. The molecule has 0 aromatic heterocycles. The number of nitriles is 1. The highest BCUT2D eigenvalue weighted by molar-refractivity contribution is 6.09. The minimum atomic E-state index is 0.184. The fourth-order valence-corrected chi connectivity index (χ4v) is 1.03. The first-order valence-electron chi connectivity index (χ1n) is 4.52. The monoisotopic (exact) mass is 196 g/mol. The summed E-state index contributed by atoms with van der Waals surface area (Å²) in [7, 11) is 0. The zero-order valence-corrected chi connectivity index (χ0v) is 8.70. The van der Waals surface area contributed by atoms with Gasteiger partial charge in [-0.2, -0.15) is 5.26 Å². The molecular weight excluding hydrogens is 184 g/mol. The van der Waals surface area contributed by atoms with Gasteiger partial charge in [-0.15, -0.1) is 0 Å². The van der Waals surface area contributed by atoms with Crippen LogP contribution < -0.4 is 0 Å². The second-order valence-electron chi connectivity index (χ2n) is 3.21. The third kappa shape index (κ3) is 3.24. The van der Waals surface area contributed by atoms with Gasteiger partial charge in [-0.3, -0.25) is 0 Å². The van der Waals surface area contributed by atoms with Gasteiger partial charge in [0, 0.05) is 6.21 Å². The van der Waals surface area contributed by atoms with Crippen molar-refractivity contribution in [2.45, 2.75) is 6.92 Å². The summed E-state index contributed by atoms with van der Waals surface area (Å²) in [6.07, 6.45) is 1.55. The number of allylic oxidation sites excluding steroid dienone is 2. The number of hydrogen-bond donors (Lipinski definition) is 0. The van der Waals surface area contributed by atoms with Crippen LogP contribution >= 0.6 is 0 Å². The lowest BCUT2D eigenvalue weighted by atomic mass is 10.1. The molecule has 1 aromatic carbocycles. The van der Waals surface area contributed by atoms with Gasteiger partial charge in [-0.1, -0.05) is 43.0 Å². The lowest BCUT2D eigenvalue weighted by Gasteiger charge is -1.99. The van der Waals surface area contributed by atoms with Crippen LogP contribution in [-0.4, -0.2) is 6.21 Å². The van der Waals surface area contributed by atoms with Crippen molar-refractivity contribution in [3.8, 4) is 6.07 Å². The van der Waals surface area contributed by atoms with Gasteiger partial charge in [-0.25, -0.2) is 4.99 Å². The lowest BCUT2D eigenvalue weighted by molar-refractivity contribution is 1.41. The van der Waals surface area contributed by atoms with Gasteiger partial charge in [0.25, 0.3) is 0 Å². The highest BCUT2D eigenvalue weighted by Gasteiger charge is 1.94. The van der Waals surface area contributed by atoms with Crippen LogP contribution in [0.1, 0.15) is 11.1 Å². The van der Waals surface area contributed by atoms with E-state index in [1.165, 1.54) is 5.56 Å². The number of nitrogens with zero attached hydrogens (tertiary/aromatic N) is 2. The molecule has 1 aromatic rings. The Morgan fingerprint density at radius 3 is 2.47 bits per heavy atom. The Morgan fingerprint density at radius 1 is 1.33 bits per heavy atom. The fourth-order valence-electron chi connectivity index (χ4n) is 1.03. The first kappa shape index (κ1) is 10.9. The van der Waals surface area contributed by atoms with Gasteiger partial charge >= 0.3 is 0 Å². The van der Waals surface area contributed by atoms with Crippen molar-refractivity contribution in [2.24, 2.45) is 4.99 Å². The number of aryl methyl sites for hydroxylation is 1. The molecule has 15 heavy (non-hydrogen) atoms. The number of aliphatic imine (C=N–C) groups is 1. The second kappa shape index (κ2) is 4.92. The van der Waals surface area contributed by atoms with E-state index in [9.17, 15) is 0 Å². The largest absolute Gasteiger partial charge is 0.246 e. The van der Waals surface area contributed by atoms with Crippen LogP contribution in [-0.2, 0) is 0 Å². The van der Waals surface area contributed by atoms with Crippen molar-refractivity contribution in [3.05, 3.63) is 54.2 Å². The maximum atomic E-state index is 8.46. The summed E-state index contributed by atoms with van der Waals surface area (Å²) in [5.74, 6) is 0. The van der Waals surface area contributed by atoms with Crippen LogP contribution in [0.3, 0.4) is 0 Å². The predicted molar refractivity (Wildman–Crippen MR) is 63.5 cm³/mol. The van der Waals surface area contributed by atoms with E-state index >= 15 is 0 Å². The molecule has 0 N–H and O–H groups in total. The first-order chi connectivity index (χ1) is 7.13. The van der Waals surface area contributed by atoms with Crippen LogP contribution in [0, 0.1) is 18.3 Å². The Morgan fingerprint density at radius 2 is 1.93 bits per heavy atom. The van der Waals surface area contributed by atoms with Gasteiger partial charge < -0.3 is 0 Å². The van der Waals surface area contributed by atoms with Crippen LogP contribution in [0.4, 0.5) is 0 Å². The smallest absolute Gasteiger partial charge is 0.133 e. The average Bonchev–Trinajstić information content (AvgIpc) is 2.26. The molecule has 0 spiro atoms. The molecule has 2 nitrogen and oxygen atoms in total. The molecule has 0 saturated heterocycles. The van der Waals surface area contributed by atoms with Crippen LogP contribution in [0.15, 0.2) is 48.1 Å². The minimum Gasteiger partial charge on any atom is -0.246 e. The van der Waals surface area contributed by atoms with E-state index in [-0.39, 0.29) is 5.70 Å². The average molecular weight is 196 g/mol. The van der Waals surface area contributed by atoms with Crippen molar-refractivity contribution in [1.82, 2.24) is 0 Å². The SMILES string of the molecule is C=C(C#N)/N=C/C(=C)c1ccc(C)cc1. The molecule has 0 unspecified atom stereocenters. The maximum Gasteiger partial charge on any atom is 0.133 e. The van der Waals surface area contributed by atoms with Crippen molar-refractivity contribution in [2.75, 3.05) is 0 Å². The molecule has 0 radical (unpaired) electrons. The number of benzene rings is 1. The fraction of sp³-hybridized carbons (Fsp3) is 0.0769. The van der Waals surface area contributed by atoms with E-state index in [0.717, 1.165) is 11.1 Å². The van der Waals surface area contributed by atoms with Crippen molar-refractivity contribution in [1.29, 1.82) is 5.26 Å². The molecular formula is C13H12N2. The second-order valence-corrected chi connectivity index (χ2v) is 3.21. The molecule has 2 heteroatoms. The molecule has 1 rings (SSSR count). The summed E-state index contributed by atoms with van der Waals surface area (Å²) < 4.78 is 0.